The maximum atomic E-state index is 6.25. The minimum absolute atomic E-state index is 0.0419. The lowest BCUT2D eigenvalue weighted by molar-refractivity contribution is 0.692. The summed E-state index contributed by atoms with van der Waals surface area (Å²) in [4.78, 5) is 0. The van der Waals surface area contributed by atoms with Gasteiger partial charge in [0.15, 0.2) is 0 Å². The normalized spacial score (nSPS) is 12.5. The fraction of sp³-hybridized carbons (Fsp3) is 0.143. The summed E-state index contributed by atoms with van der Waals surface area (Å²) in [5.74, 6) is 0. The molecule has 5 heteroatoms. The van der Waals surface area contributed by atoms with E-state index in [1.807, 2.05) is 31.3 Å². The molecule has 0 radical (unpaired) electrons. The van der Waals surface area contributed by atoms with Crippen LogP contribution in [0.4, 0.5) is 0 Å². The fourth-order valence-corrected chi connectivity index (χ4v) is 2.85. The molecule has 0 aromatic heterocycles. The van der Waals surface area contributed by atoms with Gasteiger partial charge in [0.1, 0.15) is 0 Å². The van der Waals surface area contributed by atoms with Crippen molar-refractivity contribution < 1.29 is 0 Å². The van der Waals surface area contributed by atoms with E-state index in [2.05, 4.69) is 21.2 Å². The highest BCUT2D eigenvalue weighted by atomic mass is 79.9. The molecule has 1 N–H and O–H groups in total. The molecule has 19 heavy (non-hydrogen) atoms. The SMILES string of the molecule is CNC(c1ccc(Cl)c(Br)c1)c1cc(Cl)ccc1Cl. The standard InChI is InChI=1S/C14H11BrCl3N/c1-19-14(8-2-4-13(18)11(15)6-8)10-7-9(16)3-5-12(10)17/h2-7,14,19H,1H3. The van der Waals surface area contributed by atoms with Crippen molar-refractivity contribution in [1.29, 1.82) is 0 Å². The Labute approximate surface area is 136 Å². The highest BCUT2D eigenvalue weighted by Gasteiger charge is 2.16. The molecule has 0 saturated heterocycles. The van der Waals surface area contributed by atoms with E-state index in [1.165, 1.54) is 0 Å². The average molecular weight is 380 g/mol. The van der Waals surface area contributed by atoms with Gasteiger partial charge in [0, 0.05) is 14.5 Å². The molecule has 0 heterocycles. The zero-order valence-corrected chi connectivity index (χ0v) is 13.9. The summed E-state index contributed by atoms with van der Waals surface area (Å²) in [7, 11) is 1.88. The van der Waals surface area contributed by atoms with Gasteiger partial charge in [-0.1, -0.05) is 40.9 Å². The summed E-state index contributed by atoms with van der Waals surface area (Å²) in [6.45, 7) is 0. The van der Waals surface area contributed by atoms with E-state index in [9.17, 15) is 0 Å². The lowest BCUT2D eigenvalue weighted by Gasteiger charge is -2.19. The molecule has 0 aliphatic heterocycles. The van der Waals surface area contributed by atoms with Gasteiger partial charge < -0.3 is 5.32 Å². The van der Waals surface area contributed by atoms with Crippen LogP contribution >= 0.6 is 50.7 Å². The minimum atomic E-state index is -0.0419. The molecule has 0 spiro atoms. The van der Waals surface area contributed by atoms with Gasteiger partial charge >= 0.3 is 0 Å². The third-order valence-corrected chi connectivity index (χ3v) is 4.63. The smallest absolute Gasteiger partial charge is 0.0589 e. The van der Waals surface area contributed by atoms with Crippen LogP contribution < -0.4 is 5.32 Å². The van der Waals surface area contributed by atoms with Crippen molar-refractivity contribution in [2.24, 2.45) is 0 Å². The molecule has 0 amide bonds. The van der Waals surface area contributed by atoms with Crippen LogP contribution in [0.5, 0.6) is 0 Å². The van der Waals surface area contributed by atoms with Crippen molar-refractivity contribution in [3.8, 4) is 0 Å². The van der Waals surface area contributed by atoms with Gasteiger partial charge in [0.2, 0.25) is 0 Å². The molecule has 0 fully saturated rings. The van der Waals surface area contributed by atoms with Crippen molar-refractivity contribution in [2.45, 2.75) is 6.04 Å². The van der Waals surface area contributed by atoms with E-state index in [0.717, 1.165) is 15.6 Å². The maximum Gasteiger partial charge on any atom is 0.0589 e. The third-order valence-electron chi connectivity index (χ3n) is 2.83. The van der Waals surface area contributed by atoms with Crippen LogP contribution in [0.25, 0.3) is 0 Å². The first-order valence-corrected chi connectivity index (χ1v) is 7.52. The molecule has 2 aromatic rings. The van der Waals surface area contributed by atoms with Crippen molar-refractivity contribution in [3.05, 3.63) is 67.1 Å². The van der Waals surface area contributed by atoms with Crippen LogP contribution in [0.15, 0.2) is 40.9 Å². The predicted molar refractivity (Wildman–Crippen MR) is 86.5 cm³/mol. The molecule has 1 atom stereocenters. The third kappa shape index (κ3) is 3.45. The number of benzene rings is 2. The highest BCUT2D eigenvalue weighted by Crippen LogP contribution is 2.33. The van der Waals surface area contributed by atoms with Crippen LogP contribution in [0.1, 0.15) is 17.2 Å². The summed E-state index contributed by atoms with van der Waals surface area (Å²) in [5, 5.41) is 5.25. The highest BCUT2D eigenvalue weighted by molar-refractivity contribution is 9.10. The number of halogens is 4. The quantitative estimate of drug-likeness (QED) is 0.719. The maximum absolute atomic E-state index is 6.25. The van der Waals surface area contributed by atoms with Gasteiger partial charge in [-0.05, 0) is 64.4 Å². The number of hydrogen-bond donors (Lipinski definition) is 1. The molecule has 2 rings (SSSR count). The van der Waals surface area contributed by atoms with Crippen LogP contribution in [0.3, 0.4) is 0 Å². The van der Waals surface area contributed by atoms with Crippen molar-refractivity contribution in [1.82, 2.24) is 5.32 Å². The second kappa shape index (κ2) is 6.47. The average Bonchev–Trinajstić information content (AvgIpc) is 2.38. The van der Waals surface area contributed by atoms with Crippen LogP contribution in [-0.2, 0) is 0 Å². The lowest BCUT2D eigenvalue weighted by atomic mass is 9.99. The van der Waals surface area contributed by atoms with Gasteiger partial charge in [0.25, 0.3) is 0 Å². The lowest BCUT2D eigenvalue weighted by Crippen LogP contribution is -2.18. The molecule has 2 aromatic carbocycles. The van der Waals surface area contributed by atoms with Gasteiger partial charge in [-0.3, -0.25) is 0 Å². The molecule has 0 saturated carbocycles. The zero-order valence-electron chi connectivity index (χ0n) is 10.1. The fourth-order valence-electron chi connectivity index (χ4n) is 1.93. The van der Waals surface area contributed by atoms with Gasteiger partial charge in [-0.2, -0.15) is 0 Å². The second-order valence-electron chi connectivity index (χ2n) is 4.06. The Bertz CT molecular complexity index is 601. The van der Waals surface area contributed by atoms with E-state index in [4.69, 9.17) is 34.8 Å². The van der Waals surface area contributed by atoms with Crippen LogP contribution in [0.2, 0.25) is 15.1 Å². The Morgan fingerprint density at radius 1 is 1.00 bits per heavy atom. The Balaban J connectivity index is 2.49. The first-order chi connectivity index (χ1) is 9.02. The molecule has 0 bridgehead atoms. The molecule has 100 valence electrons. The monoisotopic (exact) mass is 377 g/mol. The Kier molecular flexibility index (Phi) is 5.15. The van der Waals surface area contributed by atoms with E-state index in [-0.39, 0.29) is 6.04 Å². The Hall–Kier alpha value is -0.250. The van der Waals surface area contributed by atoms with Gasteiger partial charge in [-0.15, -0.1) is 0 Å². The summed E-state index contributed by atoms with van der Waals surface area (Å²) in [5.41, 5.74) is 1.99. The number of nitrogens with one attached hydrogen (secondary N) is 1. The molecule has 1 nitrogen and oxygen atoms in total. The summed E-state index contributed by atoms with van der Waals surface area (Å²) >= 11 is 21.7. The summed E-state index contributed by atoms with van der Waals surface area (Å²) in [6, 6.07) is 11.2. The van der Waals surface area contributed by atoms with Gasteiger partial charge in [0.05, 0.1) is 11.1 Å². The molecule has 0 aliphatic carbocycles. The molecule has 0 aliphatic rings. The van der Waals surface area contributed by atoms with E-state index >= 15 is 0 Å². The summed E-state index contributed by atoms with van der Waals surface area (Å²) < 4.78 is 0.852. The largest absolute Gasteiger partial charge is 0.309 e. The van der Waals surface area contributed by atoms with Crippen molar-refractivity contribution in [3.63, 3.8) is 0 Å². The van der Waals surface area contributed by atoms with Gasteiger partial charge in [-0.25, -0.2) is 0 Å². The number of hydrogen-bond acceptors (Lipinski definition) is 1. The Morgan fingerprint density at radius 2 is 1.68 bits per heavy atom. The Morgan fingerprint density at radius 3 is 2.32 bits per heavy atom. The van der Waals surface area contributed by atoms with E-state index < -0.39 is 0 Å². The summed E-state index contributed by atoms with van der Waals surface area (Å²) in [6.07, 6.45) is 0. The second-order valence-corrected chi connectivity index (χ2v) is 6.17. The van der Waals surface area contributed by atoms with E-state index in [0.29, 0.717) is 15.1 Å². The van der Waals surface area contributed by atoms with Crippen LogP contribution in [0, 0.1) is 0 Å². The first kappa shape index (κ1) is 15.1. The molecular weight excluding hydrogens is 368 g/mol. The van der Waals surface area contributed by atoms with Crippen molar-refractivity contribution in [2.75, 3.05) is 7.05 Å². The predicted octanol–water partition coefficient (Wildman–Crippen LogP) is 5.72. The first-order valence-electron chi connectivity index (χ1n) is 5.60. The zero-order chi connectivity index (χ0) is 14.0. The number of rotatable bonds is 3. The van der Waals surface area contributed by atoms with E-state index in [1.54, 1.807) is 12.1 Å². The van der Waals surface area contributed by atoms with Crippen molar-refractivity contribution >= 4 is 50.7 Å². The topological polar surface area (TPSA) is 12.0 Å². The minimum Gasteiger partial charge on any atom is -0.309 e. The van der Waals surface area contributed by atoms with Crippen LogP contribution in [-0.4, -0.2) is 7.05 Å². The molecule has 1 unspecified atom stereocenters. The molecular formula is C14H11BrCl3N.